The first kappa shape index (κ1) is 17.8. The zero-order valence-electron chi connectivity index (χ0n) is 13.2. The third-order valence-electron chi connectivity index (χ3n) is 3.20. The van der Waals surface area contributed by atoms with E-state index in [1.54, 1.807) is 25.1 Å². The number of nitro groups is 1. The number of ketones is 1. The zero-order valence-corrected chi connectivity index (χ0v) is 13.2. The molecule has 8 nitrogen and oxygen atoms in total. The summed E-state index contributed by atoms with van der Waals surface area (Å²) in [6, 6.07) is 11.5. The fraction of sp³-hybridized carbons (Fsp3) is 0.118. The van der Waals surface area contributed by atoms with Gasteiger partial charge >= 0.3 is 11.9 Å². The molecule has 0 aliphatic carbocycles. The Balaban J connectivity index is 2.42. The van der Waals surface area contributed by atoms with Crippen LogP contribution in [0.5, 0.6) is 0 Å². The highest BCUT2D eigenvalue weighted by Gasteiger charge is 2.22. The fourth-order valence-corrected chi connectivity index (χ4v) is 2.06. The molecular formula is C17H14N2O6. The number of hydrogen-bond acceptors (Lipinski definition) is 6. The minimum atomic E-state index is -1.11. The Morgan fingerprint density at radius 2 is 1.80 bits per heavy atom. The molecule has 0 aliphatic heterocycles. The number of ether oxygens (including phenoxy) is 1. The van der Waals surface area contributed by atoms with Crippen molar-refractivity contribution < 1.29 is 24.0 Å². The second-order valence-corrected chi connectivity index (χ2v) is 4.86. The average Bonchev–Trinajstić information content (AvgIpc) is 2.62. The lowest BCUT2D eigenvalue weighted by Crippen LogP contribution is -2.26. The van der Waals surface area contributed by atoms with Crippen molar-refractivity contribution in [2.45, 2.75) is 6.92 Å². The van der Waals surface area contributed by atoms with Gasteiger partial charge in [0, 0.05) is 17.7 Å². The van der Waals surface area contributed by atoms with E-state index in [0.717, 1.165) is 12.1 Å². The molecule has 0 spiro atoms. The van der Waals surface area contributed by atoms with Gasteiger partial charge in [-0.2, -0.15) is 0 Å². The first-order chi connectivity index (χ1) is 11.9. The summed E-state index contributed by atoms with van der Waals surface area (Å²) in [6.07, 6.45) is 0. The number of carbonyl (C=O) groups is 3. The van der Waals surface area contributed by atoms with Gasteiger partial charge in [0.05, 0.1) is 22.8 Å². The number of nitrogens with zero attached hydrogens (tertiary/aromatic N) is 1. The van der Waals surface area contributed by atoms with E-state index in [2.05, 4.69) is 10.1 Å². The second-order valence-electron chi connectivity index (χ2n) is 4.86. The van der Waals surface area contributed by atoms with E-state index >= 15 is 0 Å². The van der Waals surface area contributed by atoms with Crippen LogP contribution in [0.4, 0.5) is 11.4 Å². The van der Waals surface area contributed by atoms with Gasteiger partial charge in [-0.05, 0) is 13.0 Å². The number of nitro benzene ring substituents is 1. The predicted molar refractivity (Wildman–Crippen MR) is 88.2 cm³/mol. The van der Waals surface area contributed by atoms with Crippen molar-refractivity contribution in [3.63, 3.8) is 0 Å². The molecule has 1 N–H and O–H groups in total. The van der Waals surface area contributed by atoms with Crippen LogP contribution < -0.4 is 5.32 Å². The van der Waals surface area contributed by atoms with Crippen molar-refractivity contribution >= 4 is 29.0 Å². The number of benzene rings is 2. The van der Waals surface area contributed by atoms with Crippen LogP contribution in [0.25, 0.3) is 0 Å². The molecular weight excluding hydrogens is 328 g/mol. The maximum absolute atomic E-state index is 12.6. The Kier molecular flexibility index (Phi) is 5.57. The Labute approximate surface area is 142 Å². The van der Waals surface area contributed by atoms with Crippen LogP contribution in [0, 0.1) is 10.1 Å². The molecule has 1 amide bonds. The van der Waals surface area contributed by atoms with Crippen LogP contribution in [0.2, 0.25) is 0 Å². The van der Waals surface area contributed by atoms with Gasteiger partial charge in [0.1, 0.15) is 0 Å². The van der Waals surface area contributed by atoms with Gasteiger partial charge < -0.3 is 10.1 Å². The van der Waals surface area contributed by atoms with Crippen LogP contribution in [0.1, 0.15) is 22.8 Å². The lowest BCUT2D eigenvalue weighted by Gasteiger charge is -2.10. The molecule has 2 aromatic rings. The highest BCUT2D eigenvalue weighted by Crippen LogP contribution is 2.25. The summed E-state index contributed by atoms with van der Waals surface area (Å²) in [7, 11) is 0. The van der Waals surface area contributed by atoms with Crippen molar-refractivity contribution in [2.24, 2.45) is 0 Å². The number of non-ortho nitro benzene ring substituents is 1. The summed E-state index contributed by atoms with van der Waals surface area (Å²) in [5, 5.41) is 13.2. The average molecular weight is 342 g/mol. The molecule has 0 bridgehead atoms. The molecule has 0 heterocycles. The summed E-state index contributed by atoms with van der Waals surface area (Å²) >= 11 is 0. The van der Waals surface area contributed by atoms with E-state index in [0.29, 0.717) is 0 Å². The monoisotopic (exact) mass is 342 g/mol. The van der Waals surface area contributed by atoms with Gasteiger partial charge in [-0.15, -0.1) is 0 Å². The first-order valence-electron chi connectivity index (χ1n) is 7.30. The third kappa shape index (κ3) is 4.25. The molecule has 128 valence electrons. The van der Waals surface area contributed by atoms with Gasteiger partial charge in [0.15, 0.2) is 5.78 Å². The molecule has 25 heavy (non-hydrogen) atoms. The summed E-state index contributed by atoms with van der Waals surface area (Å²) in [4.78, 5) is 46.2. The molecule has 8 heteroatoms. The minimum Gasteiger partial charge on any atom is -0.459 e. The molecule has 2 aromatic carbocycles. The molecule has 0 saturated heterocycles. The van der Waals surface area contributed by atoms with E-state index in [1.807, 2.05) is 0 Å². The number of nitrogens with one attached hydrogen (secondary N) is 1. The predicted octanol–water partition coefficient (Wildman–Crippen LogP) is 2.33. The van der Waals surface area contributed by atoms with E-state index in [-0.39, 0.29) is 29.1 Å². The number of esters is 1. The van der Waals surface area contributed by atoms with E-state index in [9.17, 15) is 24.5 Å². The maximum atomic E-state index is 12.6. The van der Waals surface area contributed by atoms with E-state index in [1.165, 1.54) is 18.2 Å². The van der Waals surface area contributed by atoms with E-state index < -0.39 is 22.6 Å². The number of anilines is 1. The summed E-state index contributed by atoms with van der Waals surface area (Å²) in [6.45, 7) is 1.56. The van der Waals surface area contributed by atoms with Crippen LogP contribution in [0.15, 0.2) is 48.5 Å². The second kappa shape index (κ2) is 7.82. The van der Waals surface area contributed by atoms with Gasteiger partial charge in [-0.25, -0.2) is 4.79 Å². The molecule has 0 saturated carbocycles. The summed E-state index contributed by atoms with van der Waals surface area (Å²) < 4.78 is 4.58. The van der Waals surface area contributed by atoms with Crippen LogP contribution in [-0.2, 0) is 14.3 Å². The number of rotatable bonds is 5. The largest absolute Gasteiger partial charge is 0.459 e. The summed E-state index contributed by atoms with van der Waals surface area (Å²) in [5.74, 6) is -2.71. The quantitative estimate of drug-likeness (QED) is 0.293. The molecule has 2 rings (SSSR count). The number of amides is 1. The van der Waals surface area contributed by atoms with Crippen molar-refractivity contribution in [3.8, 4) is 0 Å². The first-order valence-corrected chi connectivity index (χ1v) is 7.30. The molecule has 0 aromatic heterocycles. The van der Waals surface area contributed by atoms with Gasteiger partial charge in [-0.3, -0.25) is 19.7 Å². The Morgan fingerprint density at radius 3 is 2.40 bits per heavy atom. The fourth-order valence-electron chi connectivity index (χ4n) is 2.06. The number of hydrogen-bond donors (Lipinski definition) is 1. The normalized spacial score (nSPS) is 9.96. The maximum Gasteiger partial charge on any atom is 0.397 e. The highest BCUT2D eigenvalue weighted by molar-refractivity contribution is 6.37. The molecule has 0 atom stereocenters. The SMILES string of the molecule is CCOC(=O)C(=O)Nc1ccc([N+](=O)[O-])cc1C(=O)c1ccccc1. The van der Waals surface area contributed by atoms with Crippen molar-refractivity contribution in [2.75, 3.05) is 11.9 Å². The van der Waals surface area contributed by atoms with Gasteiger partial charge in [-0.1, -0.05) is 30.3 Å². The molecule has 0 unspecified atom stereocenters. The minimum absolute atomic E-state index is 0.0162. The summed E-state index contributed by atoms with van der Waals surface area (Å²) in [5.41, 5.74) is -0.140. The number of carbonyl (C=O) groups excluding carboxylic acids is 3. The van der Waals surface area contributed by atoms with Crippen molar-refractivity contribution in [3.05, 3.63) is 69.8 Å². The van der Waals surface area contributed by atoms with Crippen LogP contribution in [0.3, 0.4) is 0 Å². The van der Waals surface area contributed by atoms with Crippen molar-refractivity contribution in [1.82, 2.24) is 0 Å². The Bertz CT molecular complexity index is 832. The highest BCUT2D eigenvalue weighted by atomic mass is 16.6. The molecule has 0 aliphatic rings. The van der Waals surface area contributed by atoms with Crippen LogP contribution >= 0.6 is 0 Å². The standard InChI is InChI=1S/C17H14N2O6/c1-2-25-17(22)16(21)18-14-9-8-12(19(23)24)10-13(14)15(20)11-6-4-3-5-7-11/h3-10H,2H2,1H3,(H,18,21). The third-order valence-corrected chi connectivity index (χ3v) is 3.20. The molecule has 0 radical (unpaired) electrons. The zero-order chi connectivity index (χ0) is 18.4. The smallest absolute Gasteiger partial charge is 0.397 e. The van der Waals surface area contributed by atoms with Gasteiger partial charge in [0.25, 0.3) is 5.69 Å². The lowest BCUT2D eigenvalue weighted by molar-refractivity contribution is -0.384. The van der Waals surface area contributed by atoms with Gasteiger partial charge in [0.2, 0.25) is 0 Å². The van der Waals surface area contributed by atoms with E-state index in [4.69, 9.17) is 0 Å². The van der Waals surface area contributed by atoms with Crippen molar-refractivity contribution in [1.29, 1.82) is 0 Å². The Morgan fingerprint density at radius 1 is 1.12 bits per heavy atom. The lowest BCUT2D eigenvalue weighted by atomic mass is 10.0. The Hall–Kier alpha value is -3.55. The molecule has 0 fully saturated rings. The topological polar surface area (TPSA) is 116 Å². The van der Waals surface area contributed by atoms with Crippen LogP contribution in [-0.4, -0.2) is 29.2 Å².